The molecule has 12 heteroatoms. The number of amides is 3. The van der Waals surface area contributed by atoms with Crippen LogP contribution in [0, 0.1) is 0 Å². The van der Waals surface area contributed by atoms with Gasteiger partial charge in [0.15, 0.2) is 0 Å². The van der Waals surface area contributed by atoms with E-state index < -0.39 is 12.1 Å². The molecule has 3 N–H and O–H groups in total. The molecule has 1 saturated heterocycles. The van der Waals surface area contributed by atoms with Crippen LogP contribution < -0.4 is 10.6 Å². The summed E-state index contributed by atoms with van der Waals surface area (Å²) in [5.41, 5.74) is 1.12. The monoisotopic (exact) mass is 488 g/mol. The molecular weight excluding hydrogens is 457 g/mol. The molecule has 2 rings (SSSR count). The van der Waals surface area contributed by atoms with Crippen LogP contribution in [0.4, 0.5) is 18.9 Å². The Kier molecular flexibility index (Phi) is 12.1. The first-order valence-corrected chi connectivity index (χ1v) is 10.9. The van der Waals surface area contributed by atoms with E-state index in [-0.39, 0.29) is 17.7 Å². The number of aliphatic carboxylic acids is 1. The summed E-state index contributed by atoms with van der Waals surface area (Å²) in [7, 11) is 0. The highest BCUT2D eigenvalue weighted by atomic mass is 19.4. The molecule has 190 valence electrons. The first-order valence-electron chi connectivity index (χ1n) is 10.9. The molecular formula is C22H31F3N4O5. The van der Waals surface area contributed by atoms with Crippen LogP contribution in [0.1, 0.15) is 43.5 Å². The van der Waals surface area contributed by atoms with E-state index in [1.54, 1.807) is 29.2 Å². The van der Waals surface area contributed by atoms with Gasteiger partial charge in [0.2, 0.25) is 11.8 Å². The molecule has 1 aromatic carbocycles. The van der Waals surface area contributed by atoms with E-state index in [9.17, 15) is 27.6 Å². The molecule has 3 amide bonds. The summed E-state index contributed by atoms with van der Waals surface area (Å²) < 4.78 is 31.7. The Morgan fingerprint density at radius 3 is 2.29 bits per heavy atom. The van der Waals surface area contributed by atoms with Gasteiger partial charge in [-0.15, -0.1) is 0 Å². The van der Waals surface area contributed by atoms with E-state index in [1.165, 1.54) is 6.92 Å². The predicted molar refractivity (Wildman–Crippen MR) is 119 cm³/mol. The molecule has 1 aliphatic heterocycles. The van der Waals surface area contributed by atoms with Gasteiger partial charge in [0.1, 0.15) is 0 Å². The average Bonchev–Trinajstić information content (AvgIpc) is 2.78. The number of carboxylic acids is 1. The van der Waals surface area contributed by atoms with Gasteiger partial charge in [0.05, 0.1) is 0 Å². The lowest BCUT2D eigenvalue weighted by Crippen LogP contribution is -2.47. The van der Waals surface area contributed by atoms with Crippen molar-refractivity contribution in [3.05, 3.63) is 29.8 Å². The molecule has 1 fully saturated rings. The van der Waals surface area contributed by atoms with Crippen molar-refractivity contribution in [1.82, 2.24) is 15.1 Å². The summed E-state index contributed by atoms with van der Waals surface area (Å²) in [6, 6.07) is 6.93. The number of piperazine rings is 1. The van der Waals surface area contributed by atoms with E-state index in [2.05, 4.69) is 17.6 Å². The van der Waals surface area contributed by atoms with Crippen molar-refractivity contribution < 1.29 is 37.5 Å². The Labute approximate surface area is 196 Å². The minimum absolute atomic E-state index is 0.0952. The summed E-state index contributed by atoms with van der Waals surface area (Å²) in [5.74, 6) is -2.95. The quantitative estimate of drug-likeness (QED) is 0.517. The maximum Gasteiger partial charge on any atom is 0.490 e. The van der Waals surface area contributed by atoms with E-state index >= 15 is 0 Å². The van der Waals surface area contributed by atoms with Crippen molar-refractivity contribution in [2.45, 2.75) is 39.3 Å². The molecule has 0 saturated carbocycles. The molecule has 0 atom stereocenters. The van der Waals surface area contributed by atoms with Crippen molar-refractivity contribution in [2.75, 3.05) is 44.6 Å². The number of carbonyl (C=O) groups excluding carboxylic acids is 3. The van der Waals surface area contributed by atoms with Crippen LogP contribution in [0.15, 0.2) is 24.3 Å². The van der Waals surface area contributed by atoms with Gasteiger partial charge in [-0.25, -0.2) is 4.79 Å². The van der Waals surface area contributed by atoms with Gasteiger partial charge in [0.25, 0.3) is 5.91 Å². The predicted octanol–water partition coefficient (Wildman–Crippen LogP) is 2.34. The van der Waals surface area contributed by atoms with Crippen LogP contribution >= 0.6 is 0 Å². The number of halogens is 3. The summed E-state index contributed by atoms with van der Waals surface area (Å²) in [4.78, 5) is 49.1. The smallest absolute Gasteiger partial charge is 0.475 e. The molecule has 34 heavy (non-hydrogen) atoms. The van der Waals surface area contributed by atoms with Gasteiger partial charge in [-0.05, 0) is 24.6 Å². The number of hydrogen-bond acceptors (Lipinski definition) is 5. The van der Waals surface area contributed by atoms with Crippen molar-refractivity contribution in [2.24, 2.45) is 0 Å². The molecule has 0 radical (unpaired) electrons. The Hall–Kier alpha value is -3.15. The van der Waals surface area contributed by atoms with Gasteiger partial charge < -0.3 is 25.5 Å². The zero-order valence-electron chi connectivity index (χ0n) is 19.3. The average molecular weight is 489 g/mol. The zero-order valence-corrected chi connectivity index (χ0v) is 19.3. The third kappa shape index (κ3) is 10.6. The highest BCUT2D eigenvalue weighted by Gasteiger charge is 2.38. The van der Waals surface area contributed by atoms with Crippen LogP contribution in [-0.2, 0) is 14.4 Å². The number of unbranched alkanes of at least 4 members (excludes halogenated alkanes) is 1. The Morgan fingerprint density at radius 1 is 1.15 bits per heavy atom. The molecule has 0 spiro atoms. The standard InChI is InChI=1S/C20H30N4O3.C2HF3O2/c1-3-4-11-24(12-8-19(26)23-13-9-21-10-14-23)20(27)17-6-5-7-18(15-17)22-16(2)25;3-2(4,5)1(6)7/h5-7,15,21H,3-4,8-14H2,1-2H3,(H,22,25);(H,6,7). The Morgan fingerprint density at radius 2 is 1.76 bits per heavy atom. The third-order valence-electron chi connectivity index (χ3n) is 4.81. The Bertz CT molecular complexity index is 842. The zero-order chi connectivity index (χ0) is 25.7. The third-order valence-corrected chi connectivity index (χ3v) is 4.81. The lowest BCUT2D eigenvalue weighted by Gasteiger charge is -2.29. The normalized spacial score (nSPS) is 13.4. The number of rotatable bonds is 8. The number of nitrogens with zero attached hydrogens (tertiary/aromatic N) is 2. The maximum absolute atomic E-state index is 13.0. The maximum atomic E-state index is 13.0. The second-order valence-corrected chi connectivity index (χ2v) is 7.59. The second-order valence-electron chi connectivity index (χ2n) is 7.59. The van der Waals surface area contributed by atoms with Crippen molar-refractivity contribution in [3.63, 3.8) is 0 Å². The van der Waals surface area contributed by atoms with Gasteiger partial charge >= 0.3 is 12.1 Å². The number of hydrogen-bond donors (Lipinski definition) is 3. The number of alkyl halides is 3. The Balaban J connectivity index is 0.000000718. The van der Waals surface area contributed by atoms with Crippen molar-refractivity contribution in [1.29, 1.82) is 0 Å². The number of benzene rings is 1. The first kappa shape index (κ1) is 28.9. The fourth-order valence-corrected chi connectivity index (χ4v) is 3.08. The molecule has 0 unspecified atom stereocenters. The molecule has 1 aromatic rings. The number of anilines is 1. The van der Waals surface area contributed by atoms with Crippen LogP contribution in [0.3, 0.4) is 0 Å². The highest BCUT2D eigenvalue weighted by molar-refractivity contribution is 5.97. The second kappa shape index (κ2) is 14.2. The first-order chi connectivity index (χ1) is 16.0. The number of nitrogens with one attached hydrogen (secondary N) is 2. The van der Waals surface area contributed by atoms with Crippen LogP contribution in [-0.4, -0.2) is 84.0 Å². The van der Waals surface area contributed by atoms with Crippen molar-refractivity contribution in [3.8, 4) is 0 Å². The highest BCUT2D eigenvalue weighted by Crippen LogP contribution is 2.15. The van der Waals surface area contributed by atoms with Crippen LogP contribution in [0.25, 0.3) is 0 Å². The summed E-state index contributed by atoms with van der Waals surface area (Å²) in [6.07, 6.45) is -2.89. The largest absolute Gasteiger partial charge is 0.490 e. The minimum Gasteiger partial charge on any atom is -0.475 e. The van der Waals surface area contributed by atoms with Gasteiger partial charge in [-0.2, -0.15) is 13.2 Å². The summed E-state index contributed by atoms with van der Waals surface area (Å²) in [5, 5.41) is 13.1. The fourth-order valence-electron chi connectivity index (χ4n) is 3.08. The van der Waals surface area contributed by atoms with E-state index in [0.717, 1.165) is 39.0 Å². The van der Waals surface area contributed by atoms with Gasteiger partial charge in [0, 0.05) is 63.9 Å². The molecule has 0 aliphatic carbocycles. The lowest BCUT2D eigenvalue weighted by atomic mass is 10.1. The van der Waals surface area contributed by atoms with Crippen LogP contribution in [0.2, 0.25) is 0 Å². The lowest BCUT2D eigenvalue weighted by molar-refractivity contribution is -0.192. The number of carbonyl (C=O) groups is 4. The van der Waals surface area contributed by atoms with E-state index in [0.29, 0.717) is 30.8 Å². The van der Waals surface area contributed by atoms with E-state index in [1.807, 2.05) is 4.90 Å². The molecule has 1 heterocycles. The van der Waals surface area contributed by atoms with Crippen molar-refractivity contribution >= 4 is 29.4 Å². The van der Waals surface area contributed by atoms with Gasteiger partial charge in [-0.1, -0.05) is 19.4 Å². The minimum atomic E-state index is -5.08. The van der Waals surface area contributed by atoms with Crippen LogP contribution in [0.5, 0.6) is 0 Å². The topological polar surface area (TPSA) is 119 Å². The van der Waals surface area contributed by atoms with Gasteiger partial charge in [-0.3, -0.25) is 14.4 Å². The summed E-state index contributed by atoms with van der Waals surface area (Å²) in [6.45, 7) is 7.62. The molecule has 9 nitrogen and oxygen atoms in total. The summed E-state index contributed by atoms with van der Waals surface area (Å²) >= 11 is 0. The fraction of sp³-hybridized carbons (Fsp3) is 0.545. The van der Waals surface area contributed by atoms with E-state index in [4.69, 9.17) is 9.90 Å². The molecule has 1 aliphatic rings. The molecule has 0 bridgehead atoms. The SMILES string of the molecule is CCCCN(CCC(=O)N1CCNCC1)C(=O)c1cccc(NC(C)=O)c1.O=C(O)C(F)(F)F. The molecule has 0 aromatic heterocycles. The number of carboxylic acid groups (broad SMARTS) is 1.